The molecule has 1 atom stereocenters. The minimum Gasteiger partial charge on any atom is -0.462 e. The normalized spacial score (nSPS) is 13.3. The Hall–Kier alpha value is -5.23. The molecule has 0 fully saturated rings. The number of carbonyl (C=O) groups is 3. The molecule has 0 bridgehead atoms. The van der Waals surface area contributed by atoms with Crippen LogP contribution in [-0.2, 0) is 28.6 Å². The third-order valence-electron chi connectivity index (χ3n) is 12.7. The Morgan fingerprint density at radius 3 is 0.873 bits per heavy atom. The Labute approximate surface area is 485 Å². The Morgan fingerprint density at radius 1 is 0.266 bits per heavy atom. The molecule has 0 aliphatic heterocycles. The Bertz CT molecular complexity index is 1820. The number of carbonyl (C=O) groups excluding carboxylic acids is 3. The minimum absolute atomic E-state index is 0.116. The van der Waals surface area contributed by atoms with Gasteiger partial charge in [0.25, 0.3) is 0 Å². The first-order valence-electron chi connectivity index (χ1n) is 31.6. The summed E-state index contributed by atoms with van der Waals surface area (Å²) in [5.41, 5.74) is 0. The largest absolute Gasteiger partial charge is 0.462 e. The molecule has 0 rings (SSSR count). The molecule has 0 heterocycles. The summed E-state index contributed by atoms with van der Waals surface area (Å²) < 4.78 is 16.8. The van der Waals surface area contributed by atoms with Crippen LogP contribution in [0, 0.1) is 0 Å². The van der Waals surface area contributed by atoms with Crippen LogP contribution in [0.3, 0.4) is 0 Å². The van der Waals surface area contributed by atoms with Crippen molar-refractivity contribution in [1.29, 1.82) is 0 Å². The van der Waals surface area contributed by atoms with Crippen molar-refractivity contribution in [3.8, 4) is 0 Å². The maximum Gasteiger partial charge on any atom is 0.306 e. The molecular formula is C73H114O6. The van der Waals surface area contributed by atoms with Crippen LogP contribution in [0.5, 0.6) is 0 Å². The quantitative estimate of drug-likeness (QED) is 0.0261. The zero-order valence-corrected chi connectivity index (χ0v) is 50.6. The molecule has 442 valence electrons. The summed E-state index contributed by atoms with van der Waals surface area (Å²) in [6.07, 6.45) is 96.4. The fourth-order valence-electron chi connectivity index (χ4n) is 7.96. The van der Waals surface area contributed by atoms with E-state index in [-0.39, 0.29) is 37.5 Å². The van der Waals surface area contributed by atoms with Crippen molar-refractivity contribution >= 4 is 17.9 Å². The predicted octanol–water partition coefficient (Wildman–Crippen LogP) is 21.9. The van der Waals surface area contributed by atoms with Crippen molar-refractivity contribution < 1.29 is 28.6 Å². The van der Waals surface area contributed by atoms with E-state index in [9.17, 15) is 14.4 Å². The lowest BCUT2D eigenvalue weighted by Gasteiger charge is -2.18. The molecular weight excluding hydrogens is 973 g/mol. The van der Waals surface area contributed by atoms with Crippen molar-refractivity contribution in [3.63, 3.8) is 0 Å². The van der Waals surface area contributed by atoms with Gasteiger partial charge in [-0.2, -0.15) is 0 Å². The summed E-state index contributed by atoms with van der Waals surface area (Å²) in [7, 11) is 0. The van der Waals surface area contributed by atoms with E-state index in [0.29, 0.717) is 19.3 Å². The molecule has 6 heteroatoms. The van der Waals surface area contributed by atoms with Crippen molar-refractivity contribution in [1.82, 2.24) is 0 Å². The third-order valence-corrected chi connectivity index (χ3v) is 12.7. The van der Waals surface area contributed by atoms with E-state index in [0.717, 1.165) is 161 Å². The van der Waals surface area contributed by atoms with Crippen LogP contribution in [0.1, 0.15) is 252 Å². The molecule has 0 spiro atoms. The number of hydrogen-bond donors (Lipinski definition) is 0. The molecule has 0 aromatic rings. The lowest BCUT2D eigenvalue weighted by atomic mass is 10.1. The van der Waals surface area contributed by atoms with Gasteiger partial charge in [0.15, 0.2) is 6.10 Å². The van der Waals surface area contributed by atoms with Gasteiger partial charge in [0.2, 0.25) is 0 Å². The predicted molar refractivity (Wildman–Crippen MR) is 343 cm³/mol. The smallest absolute Gasteiger partial charge is 0.306 e. The molecule has 0 amide bonds. The third kappa shape index (κ3) is 63.5. The van der Waals surface area contributed by atoms with Crippen LogP contribution in [0.4, 0.5) is 0 Å². The van der Waals surface area contributed by atoms with E-state index in [1.807, 2.05) is 0 Å². The maximum absolute atomic E-state index is 12.9. The van der Waals surface area contributed by atoms with Gasteiger partial charge < -0.3 is 14.2 Å². The number of unbranched alkanes of at least 4 members (excludes halogenated alkanes) is 16. The van der Waals surface area contributed by atoms with Gasteiger partial charge in [0, 0.05) is 19.3 Å². The number of ether oxygens (including phenoxy) is 3. The van der Waals surface area contributed by atoms with Crippen molar-refractivity contribution in [2.75, 3.05) is 13.2 Å². The fourth-order valence-corrected chi connectivity index (χ4v) is 7.96. The van der Waals surface area contributed by atoms with E-state index < -0.39 is 6.10 Å². The standard InChI is InChI=1S/C73H114O6/c1-4-7-10-13-16-19-22-25-27-29-31-32-33-34-35-36-37-38-39-40-42-43-45-48-51-54-57-60-63-66-72(75)78-69-70(68-77-71(74)65-62-59-56-53-50-47-24-21-18-15-12-9-6-3)79-73(76)67-64-61-58-55-52-49-46-44-41-30-28-26-23-20-17-14-11-8-5-2/h7,10,12,15-17,19-21,24-28,31-32,34-35,37-38,40-42,44-45,48,54,57,70H,4-6,8-9,11,13-14,18,22-23,29-30,33,36,39,43,46-47,49-53,55-56,58-69H2,1-3H3/b10-7-,15-12-,19-16-,20-17-,24-21-,27-25-,28-26-,32-31-,35-34-,38-37-,42-40-,44-41-,48-45-,57-54-. The van der Waals surface area contributed by atoms with Crippen molar-refractivity contribution in [3.05, 3.63) is 170 Å². The molecule has 0 aliphatic rings. The van der Waals surface area contributed by atoms with Gasteiger partial charge in [-0.05, 0) is 148 Å². The van der Waals surface area contributed by atoms with Crippen LogP contribution in [-0.4, -0.2) is 37.2 Å². The van der Waals surface area contributed by atoms with E-state index >= 15 is 0 Å². The highest BCUT2D eigenvalue weighted by atomic mass is 16.6. The number of allylic oxidation sites excluding steroid dienone is 28. The molecule has 1 unspecified atom stereocenters. The summed E-state index contributed by atoms with van der Waals surface area (Å²) >= 11 is 0. The lowest BCUT2D eigenvalue weighted by Crippen LogP contribution is -2.30. The van der Waals surface area contributed by atoms with E-state index in [4.69, 9.17) is 14.2 Å². The summed E-state index contributed by atoms with van der Waals surface area (Å²) in [5.74, 6) is -1.01. The Morgan fingerprint density at radius 2 is 0.532 bits per heavy atom. The lowest BCUT2D eigenvalue weighted by molar-refractivity contribution is -0.167. The highest BCUT2D eigenvalue weighted by Gasteiger charge is 2.19. The minimum atomic E-state index is -0.825. The molecule has 6 nitrogen and oxygen atoms in total. The van der Waals surface area contributed by atoms with Crippen LogP contribution in [0.2, 0.25) is 0 Å². The maximum atomic E-state index is 12.9. The van der Waals surface area contributed by atoms with Crippen LogP contribution >= 0.6 is 0 Å². The molecule has 0 aromatic carbocycles. The number of hydrogen-bond acceptors (Lipinski definition) is 6. The topological polar surface area (TPSA) is 78.9 Å². The van der Waals surface area contributed by atoms with Gasteiger partial charge in [-0.15, -0.1) is 0 Å². The second kappa shape index (κ2) is 65.3. The van der Waals surface area contributed by atoms with Crippen LogP contribution < -0.4 is 0 Å². The summed E-state index contributed by atoms with van der Waals surface area (Å²) in [4.78, 5) is 38.3. The molecule has 0 aromatic heterocycles. The molecule has 0 radical (unpaired) electrons. The Kier molecular flexibility index (Phi) is 61.0. The van der Waals surface area contributed by atoms with E-state index in [2.05, 4.69) is 191 Å². The first kappa shape index (κ1) is 73.8. The summed E-state index contributed by atoms with van der Waals surface area (Å²) in [5, 5.41) is 0. The molecule has 79 heavy (non-hydrogen) atoms. The first-order valence-corrected chi connectivity index (χ1v) is 31.6. The fraction of sp³-hybridized carbons (Fsp3) is 0.575. The summed E-state index contributed by atoms with van der Waals surface area (Å²) in [6, 6.07) is 0. The van der Waals surface area contributed by atoms with E-state index in [1.54, 1.807) is 0 Å². The Balaban J connectivity index is 4.50. The first-order chi connectivity index (χ1) is 39.0. The zero-order chi connectivity index (χ0) is 57.1. The van der Waals surface area contributed by atoms with Gasteiger partial charge in [0.05, 0.1) is 0 Å². The van der Waals surface area contributed by atoms with Gasteiger partial charge in [-0.1, -0.05) is 255 Å². The zero-order valence-electron chi connectivity index (χ0n) is 50.6. The van der Waals surface area contributed by atoms with Crippen molar-refractivity contribution in [2.45, 2.75) is 258 Å². The summed E-state index contributed by atoms with van der Waals surface area (Å²) in [6.45, 7) is 6.35. The highest BCUT2D eigenvalue weighted by molar-refractivity contribution is 5.71. The average molecular weight is 1090 g/mol. The molecule has 0 saturated carbocycles. The van der Waals surface area contributed by atoms with Gasteiger partial charge in [-0.3, -0.25) is 14.4 Å². The molecule has 0 saturated heterocycles. The number of rotatable bonds is 55. The van der Waals surface area contributed by atoms with Crippen molar-refractivity contribution in [2.24, 2.45) is 0 Å². The molecule has 0 N–H and O–H groups in total. The second-order valence-electron chi connectivity index (χ2n) is 20.2. The van der Waals surface area contributed by atoms with Gasteiger partial charge >= 0.3 is 17.9 Å². The molecule has 0 aliphatic carbocycles. The van der Waals surface area contributed by atoms with Gasteiger partial charge in [-0.25, -0.2) is 0 Å². The van der Waals surface area contributed by atoms with Gasteiger partial charge in [0.1, 0.15) is 13.2 Å². The average Bonchev–Trinajstić information content (AvgIpc) is 3.45. The highest BCUT2D eigenvalue weighted by Crippen LogP contribution is 2.13. The van der Waals surface area contributed by atoms with Crippen LogP contribution in [0.15, 0.2) is 170 Å². The monoisotopic (exact) mass is 1090 g/mol. The SMILES string of the molecule is CC/C=C\C/C=C\C/C=C\C/C=C\C/C=C\C/C=C\C/C=C\C/C=C\C/C=C\CCCC(=O)OCC(COC(=O)CCCCCCC/C=C\C/C=C\CCC)OC(=O)CCCCCCCC/C=C\C/C=C\C/C=C\CCCCC. The second-order valence-corrected chi connectivity index (χ2v) is 20.2. The van der Waals surface area contributed by atoms with E-state index in [1.165, 1.54) is 44.9 Å². The van der Waals surface area contributed by atoms with Crippen LogP contribution in [0.25, 0.3) is 0 Å². The number of esters is 3.